The lowest BCUT2D eigenvalue weighted by molar-refractivity contribution is -0.138. The number of Topliss-reactive ketones (excluding diaryl/α,β-unsaturated/α-hetero) is 1. The van der Waals surface area contributed by atoms with Crippen LogP contribution in [0.2, 0.25) is 5.02 Å². The topological polar surface area (TPSA) is 70.7 Å². The third-order valence-corrected chi connectivity index (χ3v) is 6.77. The number of ether oxygens (including phenoxy) is 1. The number of piperazine rings is 1. The van der Waals surface area contributed by atoms with Crippen molar-refractivity contribution in [2.24, 2.45) is 5.41 Å². The van der Waals surface area contributed by atoms with E-state index < -0.39 is 5.92 Å². The number of rotatable bonds is 5. The van der Waals surface area contributed by atoms with Crippen LogP contribution >= 0.6 is 11.6 Å². The van der Waals surface area contributed by atoms with Gasteiger partial charge < -0.3 is 15.4 Å². The lowest BCUT2D eigenvalue weighted by Crippen LogP contribution is -2.47. The lowest BCUT2D eigenvalue weighted by Gasteiger charge is -2.41. The van der Waals surface area contributed by atoms with Gasteiger partial charge in [-0.1, -0.05) is 43.6 Å². The summed E-state index contributed by atoms with van der Waals surface area (Å²) in [5, 5.41) is 7.45. The molecule has 2 heterocycles. The molecule has 0 bridgehead atoms. The Labute approximate surface area is 195 Å². The fourth-order valence-electron chi connectivity index (χ4n) is 5.04. The molecule has 0 aromatic heterocycles. The number of ketones is 1. The molecule has 1 saturated heterocycles. The highest BCUT2D eigenvalue weighted by Gasteiger charge is 2.44. The van der Waals surface area contributed by atoms with Crippen LogP contribution in [0.15, 0.2) is 46.8 Å². The molecule has 0 amide bonds. The first kappa shape index (κ1) is 23.0. The van der Waals surface area contributed by atoms with Gasteiger partial charge in [-0.2, -0.15) is 0 Å². The summed E-state index contributed by atoms with van der Waals surface area (Å²) in [5.74, 6) is -0.851. The molecule has 1 aromatic rings. The van der Waals surface area contributed by atoms with E-state index in [0.717, 1.165) is 49.6 Å². The van der Waals surface area contributed by atoms with Gasteiger partial charge in [0.25, 0.3) is 0 Å². The zero-order valence-electron chi connectivity index (χ0n) is 19.1. The van der Waals surface area contributed by atoms with Crippen molar-refractivity contribution in [3.05, 3.63) is 57.4 Å². The minimum Gasteiger partial charge on any atom is -0.463 e. The molecule has 4 rings (SSSR count). The molecule has 1 fully saturated rings. The molecule has 1 unspecified atom stereocenters. The maximum absolute atomic E-state index is 13.4. The molecule has 7 heteroatoms. The Morgan fingerprint density at radius 2 is 1.94 bits per heavy atom. The second kappa shape index (κ2) is 9.38. The third kappa shape index (κ3) is 4.63. The first-order valence-corrected chi connectivity index (χ1v) is 11.8. The highest BCUT2D eigenvalue weighted by molar-refractivity contribution is 6.31. The van der Waals surface area contributed by atoms with Gasteiger partial charge in [0.15, 0.2) is 5.78 Å². The Kier molecular flexibility index (Phi) is 6.75. The number of esters is 1. The maximum atomic E-state index is 13.4. The molecule has 0 spiro atoms. The predicted octanol–water partition coefficient (Wildman–Crippen LogP) is 3.39. The van der Waals surface area contributed by atoms with Crippen molar-refractivity contribution >= 4 is 23.4 Å². The number of dihydropyridines is 1. The van der Waals surface area contributed by atoms with E-state index in [0.29, 0.717) is 29.1 Å². The molecule has 1 aromatic carbocycles. The van der Waals surface area contributed by atoms with Gasteiger partial charge in [0.2, 0.25) is 0 Å². The minimum atomic E-state index is -0.527. The summed E-state index contributed by atoms with van der Waals surface area (Å²) in [7, 11) is 0. The normalized spacial score (nSPS) is 23.6. The van der Waals surface area contributed by atoms with Crippen LogP contribution in [0, 0.1) is 5.41 Å². The van der Waals surface area contributed by atoms with Crippen molar-refractivity contribution in [2.75, 3.05) is 39.3 Å². The number of halogens is 1. The Morgan fingerprint density at radius 3 is 2.62 bits per heavy atom. The van der Waals surface area contributed by atoms with Gasteiger partial charge in [-0.15, -0.1) is 0 Å². The van der Waals surface area contributed by atoms with Crippen LogP contribution in [0.25, 0.3) is 0 Å². The van der Waals surface area contributed by atoms with Gasteiger partial charge in [-0.25, -0.2) is 4.79 Å². The zero-order valence-corrected chi connectivity index (χ0v) is 19.8. The first-order chi connectivity index (χ1) is 15.3. The van der Waals surface area contributed by atoms with Crippen molar-refractivity contribution < 1.29 is 14.3 Å². The molecule has 0 saturated carbocycles. The van der Waals surface area contributed by atoms with Crippen molar-refractivity contribution in [2.45, 2.75) is 39.5 Å². The van der Waals surface area contributed by atoms with Gasteiger partial charge in [-0.05, 0) is 30.4 Å². The van der Waals surface area contributed by atoms with Crippen LogP contribution < -0.4 is 10.6 Å². The summed E-state index contributed by atoms with van der Waals surface area (Å²) in [6.07, 6.45) is 1.19. The lowest BCUT2D eigenvalue weighted by atomic mass is 9.68. The van der Waals surface area contributed by atoms with Crippen molar-refractivity contribution in [1.82, 2.24) is 15.5 Å². The van der Waals surface area contributed by atoms with Crippen molar-refractivity contribution in [3.8, 4) is 0 Å². The Hall–Kier alpha value is -2.15. The number of allylic oxidation sites excluding steroid dienone is 2. The summed E-state index contributed by atoms with van der Waals surface area (Å²) in [4.78, 5) is 29.1. The molecule has 2 N–H and O–H groups in total. The average Bonchev–Trinajstić information content (AvgIpc) is 2.73. The van der Waals surface area contributed by atoms with Crippen LogP contribution in [0.3, 0.4) is 0 Å². The molecule has 3 aliphatic rings. The number of carbonyl (C=O) groups excluding carboxylic acids is 2. The number of carbonyl (C=O) groups is 2. The quantitative estimate of drug-likeness (QED) is 0.660. The molecular formula is C25H32ClN3O3. The van der Waals surface area contributed by atoms with E-state index in [2.05, 4.69) is 29.4 Å². The van der Waals surface area contributed by atoms with E-state index in [1.54, 1.807) is 6.92 Å². The Morgan fingerprint density at radius 1 is 1.22 bits per heavy atom. The van der Waals surface area contributed by atoms with Gasteiger partial charge >= 0.3 is 5.97 Å². The second-order valence-electron chi connectivity index (χ2n) is 9.55. The zero-order chi connectivity index (χ0) is 22.9. The highest BCUT2D eigenvalue weighted by Crippen LogP contribution is 2.48. The van der Waals surface area contributed by atoms with Crippen LogP contribution in [0.1, 0.15) is 45.1 Å². The molecule has 172 valence electrons. The smallest absolute Gasteiger partial charge is 0.336 e. The number of hydrogen-bond acceptors (Lipinski definition) is 6. The van der Waals surface area contributed by atoms with Gasteiger partial charge in [-0.3, -0.25) is 9.69 Å². The minimum absolute atomic E-state index is 0.0664. The van der Waals surface area contributed by atoms with E-state index in [1.165, 1.54) is 0 Å². The fourth-order valence-corrected chi connectivity index (χ4v) is 5.28. The van der Waals surface area contributed by atoms with Crippen LogP contribution in [0.4, 0.5) is 0 Å². The van der Waals surface area contributed by atoms with E-state index in [9.17, 15) is 9.59 Å². The molecule has 6 nitrogen and oxygen atoms in total. The van der Waals surface area contributed by atoms with E-state index >= 15 is 0 Å². The third-order valence-electron chi connectivity index (χ3n) is 6.43. The number of nitrogens with one attached hydrogen (secondary N) is 2. The number of hydrogen-bond donors (Lipinski definition) is 2. The summed E-state index contributed by atoms with van der Waals surface area (Å²) in [6, 6.07) is 7.50. The van der Waals surface area contributed by atoms with E-state index in [-0.39, 0.29) is 23.8 Å². The number of nitrogens with zero attached hydrogens (tertiary/aromatic N) is 1. The molecular weight excluding hydrogens is 426 g/mol. The summed E-state index contributed by atoms with van der Waals surface area (Å²) >= 11 is 6.63. The van der Waals surface area contributed by atoms with Crippen LogP contribution in [-0.2, 0) is 14.3 Å². The molecule has 32 heavy (non-hydrogen) atoms. The Bertz CT molecular complexity index is 976. The van der Waals surface area contributed by atoms with Crippen LogP contribution in [-0.4, -0.2) is 56.0 Å². The maximum Gasteiger partial charge on any atom is 0.336 e. The van der Waals surface area contributed by atoms with E-state index in [4.69, 9.17) is 16.3 Å². The number of benzene rings is 1. The van der Waals surface area contributed by atoms with Gasteiger partial charge in [0.1, 0.15) is 0 Å². The van der Waals surface area contributed by atoms with Gasteiger partial charge in [0.05, 0.1) is 12.2 Å². The monoisotopic (exact) mass is 457 g/mol. The fraction of sp³-hybridized carbons (Fsp3) is 0.520. The summed E-state index contributed by atoms with van der Waals surface area (Å²) in [6.45, 7) is 10.5. The SMILES string of the molecule is CCOC(=O)C1=C(CN2CCNCC2)NC2=C(C(=O)CC(C)(C)C2)C1c1ccccc1Cl. The predicted molar refractivity (Wildman–Crippen MR) is 125 cm³/mol. The largest absolute Gasteiger partial charge is 0.463 e. The second-order valence-corrected chi connectivity index (χ2v) is 9.96. The average molecular weight is 458 g/mol. The first-order valence-electron chi connectivity index (χ1n) is 11.4. The van der Waals surface area contributed by atoms with Crippen molar-refractivity contribution in [3.63, 3.8) is 0 Å². The molecule has 2 aliphatic heterocycles. The van der Waals surface area contributed by atoms with Crippen molar-refractivity contribution in [1.29, 1.82) is 0 Å². The summed E-state index contributed by atoms with van der Waals surface area (Å²) in [5.41, 5.74) is 3.52. The molecule has 1 aliphatic carbocycles. The highest BCUT2D eigenvalue weighted by atomic mass is 35.5. The standard InChI is InChI=1S/C25H32ClN3O3/c1-4-32-24(31)23-19(15-29-11-9-27-10-12-29)28-18-13-25(2,3)14-20(30)22(18)21(23)16-7-5-6-8-17(16)26/h5-8,21,27-28H,4,9-15H2,1-3H3. The van der Waals surface area contributed by atoms with Gasteiger partial charge in [0, 0.05) is 67.1 Å². The van der Waals surface area contributed by atoms with E-state index in [1.807, 2.05) is 24.3 Å². The Balaban J connectivity index is 1.87. The molecule has 1 atom stereocenters. The molecule has 0 radical (unpaired) electrons. The summed E-state index contributed by atoms with van der Waals surface area (Å²) < 4.78 is 5.50. The van der Waals surface area contributed by atoms with Crippen LogP contribution in [0.5, 0.6) is 0 Å².